The molecule has 0 fully saturated rings. The minimum absolute atomic E-state index is 0.118. The number of hydrogen-bond donors (Lipinski definition) is 1. The Balaban J connectivity index is 2.12. The van der Waals surface area contributed by atoms with Crippen LogP contribution in [0, 0.1) is 17.0 Å². The lowest BCUT2D eigenvalue weighted by molar-refractivity contribution is -0.390. The van der Waals surface area contributed by atoms with E-state index in [1.165, 1.54) is 10.9 Å². The number of nitrogens with one attached hydrogen (secondary N) is 1. The van der Waals surface area contributed by atoms with Gasteiger partial charge in [0, 0.05) is 6.20 Å². The van der Waals surface area contributed by atoms with Gasteiger partial charge in [0.1, 0.15) is 11.0 Å². The summed E-state index contributed by atoms with van der Waals surface area (Å²) < 4.78 is 1.55. The number of rotatable bonds is 4. The molecule has 0 radical (unpaired) electrons. The number of nitro groups is 1. The van der Waals surface area contributed by atoms with Crippen LogP contribution in [0.1, 0.15) is 5.69 Å². The maximum atomic E-state index is 11.8. The third-order valence-corrected chi connectivity index (χ3v) is 3.46. The summed E-state index contributed by atoms with van der Waals surface area (Å²) in [6.07, 6.45) is 3.10. The highest BCUT2D eigenvalue weighted by Gasteiger charge is 2.24. The van der Waals surface area contributed by atoms with Gasteiger partial charge in [-0.25, -0.2) is 0 Å². The van der Waals surface area contributed by atoms with E-state index in [4.69, 9.17) is 0 Å². The predicted octanol–water partition coefficient (Wildman–Crippen LogP) is 1.90. The molecule has 1 N–H and O–H groups in total. The van der Waals surface area contributed by atoms with Crippen molar-refractivity contribution in [1.29, 1.82) is 0 Å². The van der Waals surface area contributed by atoms with Gasteiger partial charge >= 0.3 is 5.82 Å². The molecular formula is C11H10BrN5O3. The molecule has 0 aliphatic carbocycles. The monoisotopic (exact) mass is 339 g/mol. The molecule has 9 heteroatoms. The van der Waals surface area contributed by atoms with Crippen molar-refractivity contribution in [3.63, 3.8) is 0 Å². The van der Waals surface area contributed by atoms with Gasteiger partial charge in [-0.2, -0.15) is 4.68 Å². The molecule has 104 valence electrons. The van der Waals surface area contributed by atoms with E-state index in [1.54, 1.807) is 25.3 Å². The molecule has 2 rings (SSSR count). The van der Waals surface area contributed by atoms with Gasteiger partial charge in [0.15, 0.2) is 0 Å². The van der Waals surface area contributed by atoms with Crippen molar-refractivity contribution in [2.75, 3.05) is 5.32 Å². The minimum atomic E-state index is -0.605. The van der Waals surface area contributed by atoms with E-state index in [-0.39, 0.29) is 22.7 Å². The third-order valence-electron chi connectivity index (χ3n) is 2.53. The molecular weight excluding hydrogens is 330 g/mol. The van der Waals surface area contributed by atoms with Gasteiger partial charge in [-0.3, -0.25) is 9.78 Å². The summed E-state index contributed by atoms with van der Waals surface area (Å²) in [5.41, 5.74) is 1.06. The van der Waals surface area contributed by atoms with Crippen molar-refractivity contribution >= 4 is 33.3 Å². The van der Waals surface area contributed by atoms with E-state index in [0.717, 1.165) is 0 Å². The smallest absolute Gasteiger partial charge is 0.358 e. The second kappa shape index (κ2) is 5.78. The Morgan fingerprint density at radius 3 is 2.90 bits per heavy atom. The highest BCUT2D eigenvalue weighted by molar-refractivity contribution is 9.10. The fourth-order valence-corrected chi connectivity index (χ4v) is 1.98. The number of amides is 1. The van der Waals surface area contributed by atoms with Crippen LogP contribution in [0.2, 0.25) is 0 Å². The largest absolute Gasteiger partial charge is 0.404 e. The summed E-state index contributed by atoms with van der Waals surface area (Å²) in [6.45, 7) is 1.52. The molecule has 0 aromatic carbocycles. The Bertz CT molecular complexity index is 656. The SMILES string of the molecule is Cc1c(Br)c([N+](=O)[O-])nn1CC(=O)Nc1cccnc1. The summed E-state index contributed by atoms with van der Waals surface area (Å²) in [6, 6.07) is 3.38. The minimum Gasteiger partial charge on any atom is -0.358 e. The van der Waals surface area contributed by atoms with Crippen LogP contribution >= 0.6 is 15.9 Å². The fraction of sp³-hybridized carbons (Fsp3) is 0.182. The van der Waals surface area contributed by atoms with Crippen LogP contribution in [0.25, 0.3) is 0 Å². The molecule has 0 aliphatic rings. The van der Waals surface area contributed by atoms with Gasteiger partial charge in [-0.1, -0.05) is 0 Å². The molecule has 0 bridgehead atoms. The Morgan fingerprint density at radius 2 is 2.35 bits per heavy atom. The summed E-state index contributed by atoms with van der Waals surface area (Å²) in [4.78, 5) is 25.9. The van der Waals surface area contributed by atoms with Gasteiger partial charge in [0.2, 0.25) is 5.91 Å². The van der Waals surface area contributed by atoms with Gasteiger partial charge in [-0.15, -0.1) is 0 Å². The lowest BCUT2D eigenvalue weighted by Crippen LogP contribution is -2.20. The number of nitrogens with zero attached hydrogens (tertiary/aromatic N) is 4. The van der Waals surface area contributed by atoms with Crippen LogP contribution in [0.15, 0.2) is 29.0 Å². The Kier molecular flexibility index (Phi) is 4.08. The van der Waals surface area contributed by atoms with Crippen molar-refractivity contribution in [2.24, 2.45) is 0 Å². The number of carbonyl (C=O) groups excluding carboxylic acids is 1. The number of aromatic nitrogens is 3. The van der Waals surface area contributed by atoms with Crippen LogP contribution in [0.5, 0.6) is 0 Å². The molecule has 0 saturated carbocycles. The molecule has 0 saturated heterocycles. The zero-order chi connectivity index (χ0) is 14.7. The molecule has 1 amide bonds. The first kappa shape index (κ1) is 14.1. The van der Waals surface area contributed by atoms with E-state index < -0.39 is 4.92 Å². The van der Waals surface area contributed by atoms with Crippen LogP contribution in [0.3, 0.4) is 0 Å². The van der Waals surface area contributed by atoms with Crippen LogP contribution in [-0.2, 0) is 11.3 Å². The number of carbonyl (C=O) groups is 1. The molecule has 0 aliphatic heterocycles. The maximum Gasteiger partial charge on any atom is 0.404 e. The quantitative estimate of drug-likeness (QED) is 0.676. The maximum absolute atomic E-state index is 11.8. The van der Waals surface area contributed by atoms with Crippen LogP contribution in [-0.4, -0.2) is 25.6 Å². The summed E-state index contributed by atoms with van der Waals surface area (Å²) in [5, 5.41) is 17.2. The van der Waals surface area contributed by atoms with Gasteiger partial charge in [-0.05, 0) is 39.9 Å². The number of halogens is 1. The van der Waals surface area contributed by atoms with Crippen LogP contribution in [0.4, 0.5) is 11.5 Å². The predicted molar refractivity (Wildman–Crippen MR) is 74.2 cm³/mol. The summed E-state index contributed by atoms with van der Waals surface area (Å²) in [7, 11) is 0. The van der Waals surface area contributed by atoms with E-state index >= 15 is 0 Å². The van der Waals surface area contributed by atoms with E-state index in [0.29, 0.717) is 11.4 Å². The fourth-order valence-electron chi connectivity index (χ4n) is 1.55. The Labute approximate surface area is 122 Å². The summed E-state index contributed by atoms with van der Waals surface area (Å²) in [5.74, 6) is -0.650. The zero-order valence-corrected chi connectivity index (χ0v) is 12.0. The van der Waals surface area contributed by atoms with Crippen molar-refractivity contribution in [3.05, 3.63) is 44.8 Å². The molecule has 0 spiro atoms. The Hall–Kier alpha value is -2.29. The van der Waals surface area contributed by atoms with Crippen molar-refractivity contribution in [1.82, 2.24) is 14.8 Å². The lowest BCUT2D eigenvalue weighted by atomic mass is 10.4. The molecule has 2 heterocycles. The number of pyridine rings is 1. The van der Waals surface area contributed by atoms with Crippen molar-refractivity contribution < 1.29 is 9.72 Å². The summed E-state index contributed by atoms with van der Waals surface area (Å²) >= 11 is 3.09. The first-order valence-corrected chi connectivity index (χ1v) is 6.35. The van der Waals surface area contributed by atoms with E-state index in [9.17, 15) is 14.9 Å². The first-order valence-electron chi connectivity index (χ1n) is 5.56. The molecule has 20 heavy (non-hydrogen) atoms. The van der Waals surface area contributed by atoms with Gasteiger partial charge < -0.3 is 15.4 Å². The normalized spacial score (nSPS) is 10.3. The highest BCUT2D eigenvalue weighted by atomic mass is 79.9. The van der Waals surface area contributed by atoms with Crippen molar-refractivity contribution in [2.45, 2.75) is 13.5 Å². The number of anilines is 1. The molecule has 2 aromatic rings. The first-order chi connectivity index (χ1) is 9.49. The average Bonchev–Trinajstić information content (AvgIpc) is 2.68. The second-order valence-electron chi connectivity index (χ2n) is 3.93. The number of hydrogen-bond acceptors (Lipinski definition) is 5. The standard InChI is InChI=1S/C11H10BrN5O3/c1-7-10(12)11(17(19)20)15-16(7)6-9(18)14-8-3-2-4-13-5-8/h2-5H,6H2,1H3,(H,14,18). The van der Waals surface area contributed by atoms with Crippen molar-refractivity contribution in [3.8, 4) is 0 Å². The average molecular weight is 340 g/mol. The topological polar surface area (TPSA) is 103 Å². The van der Waals surface area contributed by atoms with E-state index in [2.05, 4.69) is 31.3 Å². The lowest BCUT2D eigenvalue weighted by Gasteiger charge is -2.03. The molecule has 0 unspecified atom stereocenters. The molecule has 8 nitrogen and oxygen atoms in total. The van der Waals surface area contributed by atoms with Crippen LogP contribution < -0.4 is 5.32 Å². The Morgan fingerprint density at radius 1 is 1.60 bits per heavy atom. The zero-order valence-electron chi connectivity index (χ0n) is 10.4. The molecule has 0 atom stereocenters. The van der Waals surface area contributed by atoms with Gasteiger partial charge in [0.05, 0.1) is 22.7 Å². The highest BCUT2D eigenvalue weighted by Crippen LogP contribution is 2.26. The molecule has 2 aromatic heterocycles. The van der Waals surface area contributed by atoms with E-state index in [1.807, 2.05) is 0 Å². The second-order valence-corrected chi connectivity index (χ2v) is 4.72. The third kappa shape index (κ3) is 2.99. The van der Waals surface area contributed by atoms with Gasteiger partial charge in [0.25, 0.3) is 0 Å².